The molecule has 24 heavy (non-hydrogen) atoms. The molecule has 0 saturated carbocycles. The van der Waals surface area contributed by atoms with Crippen LogP contribution in [0.1, 0.15) is 20.7 Å². The van der Waals surface area contributed by atoms with Crippen LogP contribution in [-0.2, 0) is 9.47 Å². The second kappa shape index (κ2) is 5.35. The molecular weight excluding hydrogens is 328 g/mol. The van der Waals surface area contributed by atoms with E-state index in [1.54, 1.807) is 12.1 Å². The lowest BCUT2D eigenvalue weighted by atomic mass is 10.0. The Morgan fingerprint density at radius 3 is 2.50 bits per heavy atom. The van der Waals surface area contributed by atoms with Crippen molar-refractivity contribution in [3.8, 4) is 0 Å². The van der Waals surface area contributed by atoms with Crippen LogP contribution >= 0.6 is 11.3 Å². The smallest absolute Gasteiger partial charge is 0.339 e. The standard InChI is InChI=1S/C18H12O5S/c1-21-17(19)10-7-8-12-14(13(10)18(20)22-2)15-16(24-12)9-5-3-4-6-11(9)23-15/h3-8H,1-2H3. The lowest BCUT2D eigenvalue weighted by molar-refractivity contribution is 0.0557. The highest BCUT2D eigenvalue weighted by molar-refractivity contribution is 7.26. The summed E-state index contributed by atoms with van der Waals surface area (Å²) in [7, 11) is 2.56. The summed E-state index contributed by atoms with van der Waals surface area (Å²) < 4.78 is 17.4. The number of thiophene rings is 1. The average Bonchev–Trinajstić information content (AvgIpc) is 3.15. The molecule has 6 heteroatoms. The maximum Gasteiger partial charge on any atom is 0.339 e. The van der Waals surface area contributed by atoms with E-state index >= 15 is 0 Å². The number of carbonyl (C=O) groups is 2. The van der Waals surface area contributed by atoms with Crippen molar-refractivity contribution in [1.82, 2.24) is 0 Å². The number of methoxy groups -OCH3 is 2. The van der Waals surface area contributed by atoms with E-state index in [9.17, 15) is 9.59 Å². The third-order valence-electron chi connectivity index (χ3n) is 3.95. The molecule has 0 spiro atoms. The first-order valence-corrected chi connectivity index (χ1v) is 8.00. The van der Waals surface area contributed by atoms with Gasteiger partial charge in [0.15, 0.2) is 5.58 Å². The molecular formula is C18H12O5S. The lowest BCUT2D eigenvalue weighted by Crippen LogP contribution is -2.12. The van der Waals surface area contributed by atoms with Gasteiger partial charge in [0, 0.05) is 10.1 Å². The Kier molecular flexibility index (Phi) is 3.28. The first kappa shape index (κ1) is 14.7. The minimum Gasteiger partial charge on any atom is -0.465 e. The van der Waals surface area contributed by atoms with E-state index in [0.717, 1.165) is 20.4 Å². The minimum absolute atomic E-state index is 0.164. The summed E-state index contributed by atoms with van der Waals surface area (Å²) in [5.74, 6) is -1.19. The molecule has 5 nitrogen and oxygen atoms in total. The molecule has 2 heterocycles. The summed E-state index contributed by atoms with van der Waals surface area (Å²) in [6.45, 7) is 0. The molecule has 0 aliphatic heterocycles. The van der Waals surface area contributed by atoms with Gasteiger partial charge in [-0.2, -0.15) is 0 Å². The number of esters is 2. The Morgan fingerprint density at radius 2 is 1.75 bits per heavy atom. The number of ether oxygens (including phenoxy) is 2. The molecule has 0 fully saturated rings. The number of hydrogen-bond donors (Lipinski definition) is 0. The summed E-state index contributed by atoms with van der Waals surface area (Å²) in [6, 6.07) is 11.0. The van der Waals surface area contributed by atoms with Crippen molar-refractivity contribution in [3.63, 3.8) is 0 Å². The maximum atomic E-state index is 12.4. The largest absolute Gasteiger partial charge is 0.465 e. The number of fused-ring (bicyclic) bond motifs is 5. The monoisotopic (exact) mass is 340 g/mol. The Labute approximate surface area is 140 Å². The van der Waals surface area contributed by atoms with Crippen molar-refractivity contribution in [3.05, 3.63) is 47.5 Å². The van der Waals surface area contributed by atoms with Gasteiger partial charge in [0.2, 0.25) is 0 Å². The minimum atomic E-state index is -0.596. The molecule has 2 aromatic carbocycles. The van der Waals surface area contributed by atoms with E-state index in [0.29, 0.717) is 11.0 Å². The van der Waals surface area contributed by atoms with Crippen LogP contribution < -0.4 is 0 Å². The number of furan rings is 1. The van der Waals surface area contributed by atoms with Crippen molar-refractivity contribution in [2.75, 3.05) is 14.2 Å². The van der Waals surface area contributed by atoms with Crippen LogP contribution in [0.15, 0.2) is 40.8 Å². The molecule has 0 aliphatic rings. The molecule has 4 aromatic rings. The van der Waals surface area contributed by atoms with Crippen LogP contribution in [0.2, 0.25) is 0 Å². The van der Waals surface area contributed by atoms with Crippen molar-refractivity contribution in [2.24, 2.45) is 0 Å². The third kappa shape index (κ3) is 1.93. The van der Waals surface area contributed by atoms with E-state index < -0.39 is 11.9 Å². The van der Waals surface area contributed by atoms with Gasteiger partial charge in [0.05, 0.1) is 35.4 Å². The molecule has 0 saturated heterocycles. The molecule has 0 radical (unpaired) electrons. The number of carbonyl (C=O) groups excluding carboxylic acids is 2. The average molecular weight is 340 g/mol. The van der Waals surface area contributed by atoms with E-state index in [-0.39, 0.29) is 11.1 Å². The zero-order valence-corrected chi connectivity index (χ0v) is 13.7. The fourth-order valence-corrected chi connectivity index (χ4v) is 4.05. The fraction of sp³-hybridized carbons (Fsp3) is 0.111. The first-order chi connectivity index (χ1) is 11.7. The normalized spacial score (nSPS) is 11.2. The topological polar surface area (TPSA) is 65.7 Å². The summed E-state index contributed by atoms with van der Waals surface area (Å²) in [4.78, 5) is 24.4. The van der Waals surface area contributed by atoms with Crippen molar-refractivity contribution < 1.29 is 23.5 Å². The molecule has 0 bridgehead atoms. The fourth-order valence-electron chi connectivity index (χ4n) is 2.89. The van der Waals surface area contributed by atoms with E-state index in [1.165, 1.54) is 25.6 Å². The van der Waals surface area contributed by atoms with Crippen LogP contribution in [0.25, 0.3) is 31.3 Å². The van der Waals surface area contributed by atoms with Crippen LogP contribution in [0, 0.1) is 0 Å². The number of benzene rings is 2. The second-order valence-corrected chi connectivity index (χ2v) is 6.26. The van der Waals surface area contributed by atoms with Gasteiger partial charge in [-0.25, -0.2) is 9.59 Å². The molecule has 0 N–H and O–H groups in total. The molecule has 120 valence electrons. The molecule has 0 amide bonds. The summed E-state index contributed by atoms with van der Waals surface area (Å²) in [6.07, 6.45) is 0. The molecule has 0 aliphatic carbocycles. The van der Waals surface area contributed by atoms with Crippen molar-refractivity contribution in [1.29, 1.82) is 0 Å². The highest BCUT2D eigenvalue weighted by Gasteiger charge is 2.26. The van der Waals surface area contributed by atoms with Crippen LogP contribution in [-0.4, -0.2) is 26.2 Å². The number of hydrogen-bond acceptors (Lipinski definition) is 6. The summed E-state index contributed by atoms with van der Waals surface area (Å²) in [5, 5.41) is 1.56. The van der Waals surface area contributed by atoms with Crippen molar-refractivity contribution >= 4 is 54.6 Å². The highest BCUT2D eigenvalue weighted by atomic mass is 32.1. The maximum absolute atomic E-state index is 12.4. The van der Waals surface area contributed by atoms with Crippen LogP contribution in [0.5, 0.6) is 0 Å². The highest BCUT2D eigenvalue weighted by Crippen LogP contribution is 2.42. The Bertz CT molecular complexity index is 1120. The number of rotatable bonds is 2. The van der Waals surface area contributed by atoms with E-state index in [4.69, 9.17) is 13.9 Å². The van der Waals surface area contributed by atoms with Crippen molar-refractivity contribution in [2.45, 2.75) is 0 Å². The predicted molar refractivity (Wildman–Crippen MR) is 91.8 cm³/mol. The van der Waals surface area contributed by atoms with Gasteiger partial charge < -0.3 is 13.9 Å². The third-order valence-corrected chi connectivity index (χ3v) is 5.12. The Hall–Kier alpha value is -2.86. The molecule has 2 aromatic heterocycles. The van der Waals surface area contributed by atoms with Gasteiger partial charge in [0.25, 0.3) is 0 Å². The zero-order chi connectivity index (χ0) is 16.8. The Morgan fingerprint density at radius 1 is 1.00 bits per heavy atom. The summed E-state index contributed by atoms with van der Waals surface area (Å²) >= 11 is 1.51. The Balaban J connectivity index is 2.19. The van der Waals surface area contributed by atoms with Gasteiger partial charge in [-0.1, -0.05) is 12.1 Å². The van der Waals surface area contributed by atoms with E-state index in [1.807, 2.05) is 24.3 Å². The van der Waals surface area contributed by atoms with Gasteiger partial charge in [-0.15, -0.1) is 11.3 Å². The molecule has 4 rings (SSSR count). The quantitative estimate of drug-likeness (QED) is 0.507. The van der Waals surface area contributed by atoms with Gasteiger partial charge in [-0.3, -0.25) is 0 Å². The molecule has 0 unspecified atom stereocenters. The summed E-state index contributed by atoms with van der Waals surface area (Å²) in [5.41, 5.74) is 1.66. The predicted octanol–water partition coefficient (Wildman–Crippen LogP) is 4.37. The van der Waals surface area contributed by atoms with Gasteiger partial charge >= 0.3 is 11.9 Å². The van der Waals surface area contributed by atoms with Gasteiger partial charge in [-0.05, 0) is 24.3 Å². The van der Waals surface area contributed by atoms with Crippen LogP contribution in [0.3, 0.4) is 0 Å². The first-order valence-electron chi connectivity index (χ1n) is 7.19. The zero-order valence-electron chi connectivity index (χ0n) is 12.9. The van der Waals surface area contributed by atoms with Crippen LogP contribution in [0.4, 0.5) is 0 Å². The van der Waals surface area contributed by atoms with E-state index in [2.05, 4.69) is 0 Å². The second-order valence-electron chi connectivity index (χ2n) is 5.20. The lowest BCUT2D eigenvalue weighted by Gasteiger charge is -2.07. The molecule has 0 atom stereocenters. The number of para-hydroxylation sites is 1. The SMILES string of the molecule is COC(=O)c1ccc2sc3c4ccccc4oc3c2c1C(=O)OC. The van der Waals surface area contributed by atoms with Gasteiger partial charge in [0.1, 0.15) is 5.58 Å².